The molecule has 1 fully saturated rings. The fraction of sp³-hybridized carbons (Fsp3) is 0.286. The molecule has 3 rings (SSSR count). The minimum Gasteiger partial charge on any atom is -0.375 e. The molecule has 1 N–H and O–H groups in total. The van der Waals surface area contributed by atoms with Crippen LogP contribution in [0.2, 0.25) is 0 Å². The Morgan fingerprint density at radius 2 is 2.30 bits per heavy atom. The van der Waals surface area contributed by atoms with Crippen molar-refractivity contribution in [2.45, 2.75) is 12.0 Å². The fourth-order valence-corrected chi connectivity index (χ4v) is 3.46. The molecule has 1 aromatic carbocycles. The average molecular weight is 353 g/mol. The van der Waals surface area contributed by atoms with Gasteiger partial charge in [0.25, 0.3) is 5.91 Å². The van der Waals surface area contributed by atoms with Crippen molar-refractivity contribution in [3.8, 4) is 11.3 Å². The van der Waals surface area contributed by atoms with Crippen molar-refractivity contribution in [3.63, 3.8) is 0 Å². The minimum atomic E-state index is -1.40. The molecule has 104 valence electrons. The van der Waals surface area contributed by atoms with Crippen LogP contribution < -0.4 is 0 Å². The summed E-state index contributed by atoms with van der Waals surface area (Å²) in [5.41, 5.74) is 0.970. The molecule has 2 aromatic rings. The summed E-state index contributed by atoms with van der Waals surface area (Å²) in [7, 11) is 1.71. The second kappa shape index (κ2) is 4.95. The van der Waals surface area contributed by atoms with Crippen LogP contribution in [-0.4, -0.2) is 34.5 Å². The number of benzene rings is 1. The van der Waals surface area contributed by atoms with Crippen LogP contribution in [0.5, 0.6) is 0 Å². The number of likely N-dealkylation sites (tertiary alicyclic amines) is 1. The number of nitrogens with zero attached hydrogens (tertiary/aromatic N) is 2. The maximum absolute atomic E-state index is 12.1. The Hall–Kier alpha value is -1.24. The van der Waals surface area contributed by atoms with E-state index in [1.54, 1.807) is 18.0 Å². The number of aromatic nitrogens is 1. The highest BCUT2D eigenvalue weighted by Gasteiger charge is 2.45. The van der Waals surface area contributed by atoms with Crippen molar-refractivity contribution >= 4 is 33.2 Å². The summed E-state index contributed by atoms with van der Waals surface area (Å²) in [6, 6.07) is 7.42. The molecule has 0 radical (unpaired) electrons. The number of carbonyl (C=O) groups is 1. The minimum absolute atomic E-state index is 0.242. The molecule has 1 atom stereocenters. The molecule has 0 saturated carbocycles. The first kappa shape index (κ1) is 13.7. The van der Waals surface area contributed by atoms with Crippen LogP contribution in [0.4, 0.5) is 0 Å². The Bertz CT molecular complexity index is 673. The van der Waals surface area contributed by atoms with E-state index < -0.39 is 5.60 Å². The van der Waals surface area contributed by atoms with Gasteiger partial charge in [0.2, 0.25) is 0 Å². The highest BCUT2D eigenvalue weighted by Crippen LogP contribution is 2.35. The van der Waals surface area contributed by atoms with Gasteiger partial charge in [0, 0.05) is 31.0 Å². The van der Waals surface area contributed by atoms with Crippen LogP contribution in [-0.2, 0) is 10.4 Å². The Morgan fingerprint density at radius 1 is 1.50 bits per heavy atom. The van der Waals surface area contributed by atoms with Gasteiger partial charge >= 0.3 is 0 Å². The third-order valence-electron chi connectivity index (χ3n) is 3.62. The van der Waals surface area contributed by atoms with Crippen LogP contribution in [0.15, 0.2) is 33.6 Å². The van der Waals surface area contributed by atoms with E-state index in [2.05, 4.69) is 20.9 Å². The van der Waals surface area contributed by atoms with E-state index in [1.165, 1.54) is 11.3 Å². The summed E-state index contributed by atoms with van der Waals surface area (Å²) in [5.74, 6) is -0.242. The first-order chi connectivity index (χ1) is 9.50. The van der Waals surface area contributed by atoms with Crippen molar-refractivity contribution in [2.24, 2.45) is 0 Å². The number of halogens is 1. The van der Waals surface area contributed by atoms with Gasteiger partial charge in [0.1, 0.15) is 0 Å². The van der Waals surface area contributed by atoms with E-state index in [0.29, 0.717) is 18.5 Å². The van der Waals surface area contributed by atoms with Crippen molar-refractivity contribution in [1.82, 2.24) is 9.88 Å². The van der Waals surface area contributed by atoms with Gasteiger partial charge in [-0.05, 0) is 27.6 Å². The van der Waals surface area contributed by atoms with E-state index in [1.807, 2.05) is 23.6 Å². The lowest BCUT2D eigenvalue weighted by Crippen LogP contribution is -2.36. The molecule has 1 aliphatic heterocycles. The lowest BCUT2D eigenvalue weighted by molar-refractivity contribution is -0.143. The Kier molecular flexibility index (Phi) is 3.40. The van der Waals surface area contributed by atoms with E-state index in [9.17, 15) is 9.90 Å². The van der Waals surface area contributed by atoms with Gasteiger partial charge in [-0.1, -0.05) is 18.2 Å². The fourth-order valence-electron chi connectivity index (χ4n) is 2.44. The highest BCUT2D eigenvalue weighted by molar-refractivity contribution is 9.11. The highest BCUT2D eigenvalue weighted by atomic mass is 79.9. The molecule has 0 spiro atoms. The van der Waals surface area contributed by atoms with Gasteiger partial charge in [-0.2, -0.15) is 0 Å². The number of aliphatic hydroxyl groups is 1. The van der Waals surface area contributed by atoms with Gasteiger partial charge in [-0.25, -0.2) is 4.98 Å². The predicted molar refractivity (Wildman–Crippen MR) is 81.4 cm³/mol. The monoisotopic (exact) mass is 352 g/mol. The largest absolute Gasteiger partial charge is 0.375 e. The normalized spacial score (nSPS) is 22.6. The molecule has 4 nitrogen and oxygen atoms in total. The predicted octanol–water partition coefficient (Wildman–Crippen LogP) is 2.62. The van der Waals surface area contributed by atoms with Crippen molar-refractivity contribution < 1.29 is 9.90 Å². The summed E-state index contributed by atoms with van der Waals surface area (Å²) in [5, 5.41) is 12.6. The molecule has 1 aliphatic rings. The van der Waals surface area contributed by atoms with Crippen LogP contribution in [0, 0.1) is 0 Å². The third-order valence-corrected chi connectivity index (χ3v) is 4.99. The first-order valence-electron chi connectivity index (χ1n) is 6.20. The number of hydrogen-bond donors (Lipinski definition) is 1. The molecular weight excluding hydrogens is 340 g/mol. The van der Waals surface area contributed by atoms with E-state index in [0.717, 1.165) is 15.2 Å². The van der Waals surface area contributed by atoms with Gasteiger partial charge in [0.05, 0.1) is 5.69 Å². The zero-order valence-corrected chi connectivity index (χ0v) is 13.2. The lowest BCUT2D eigenvalue weighted by atomic mass is 9.91. The van der Waals surface area contributed by atoms with Crippen LogP contribution in [0.3, 0.4) is 0 Å². The number of amides is 1. The zero-order valence-electron chi connectivity index (χ0n) is 10.8. The average Bonchev–Trinajstić information content (AvgIpc) is 3.00. The second-order valence-electron chi connectivity index (χ2n) is 4.90. The second-order valence-corrected chi connectivity index (χ2v) is 7.04. The molecule has 2 heterocycles. The van der Waals surface area contributed by atoms with E-state index >= 15 is 0 Å². The van der Waals surface area contributed by atoms with Gasteiger partial charge < -0.3 is 10.0 Å². The van der Waals surface area contributed by atoms with E-state index in [-0.39, 0.29) is 5.91 Å². The Morgan fingerprint density at radius 3 is 2.90 bits per heavy atom. The van der Waals surface area contributed by atoms with Gasteiger partial charge in [-0.15, -0.1) is 11.3 Å². The Balaban J connectivity index is 2.02. The van der Waals surface area contributed by atoms with Gasteiger partial charge in [-0.3, -0.25) is 4.79 Å². The van der Waals surface area contributed by atoms with Crippen LogP contribution >= 0.6 is 27.3 Å². The number of likely N-dealkylation sites (N-methyl/N-ethyl adjacent to an activating group) is 1. The Labute approximate surface area is 129 Å². The SMILES string of the molecule is CN1CCC(O)(c2cccc(-c3csc(Br)n3)c2)C1=O. The van der Waals surface area contributed by atoms with E-state index in [4.69, 9.17) is 0 Å². The number of thiazole rings is 1. The number of carbonyl (C=O) groups excluding carboxylic acids is 1. The summed E-state index contributed by atoms with van der Waals surface area (Å²) < 4.78 is 0.813. The summed E-state index contributed by atoms with van der Waals surface area (Å²) in [6.45, 7) is 0.571. The molecule has 6 heteroatoms. The van der Waals surface area contributed by atoms with Gasteiger partial charge in [0.15, 0.2) is 9.52 Å². The molecular formula is C14H13BrN2O2S. The molecule has 1 saturated heterocycles. The molecule has 1 amide bonds. The lowest BCUT2D eigenvalue weighted by Gasteiger charge is -2.21. The standard InChI is InChI=1S/C14H13BrN2O2S/c1-17-6-5-14(19,12(17)18)10-4-2-3-9(7-10)11-8-20-13(15)16-11/h2-4,7-8,19H,5-6H2,1H3. The molecule has 1 unspecified atom stereocenters. The third kappa shape index (κ3) is 2.17. The first-order valence-corrected chi connectivity index (χ1v) is 7.88. The summed E-state index contributed by atoms with van der Waals surface area (Å²) >= 11 is 4.84. The summed E-state index contributed by atoms with van der Waals surface area (Å²) in [6.07, 6.45) is 0.423. The maximum Gasteiger partial charge on any atom is 0.258 e. The molecule has 0 bridgehead atoms. The molecule has 0 aliphatic carbocycles. The number of rotatable bonds is 2. The molecule has 20 heavy (non-hydrogen) atoms. The van der Waals surface area contributed by atoms with Crippen LogP contribution in [0.25, 0.3) is 11.3 Å². The topological polar surface area (TPSA) is 53.4 Å². The van der Waals surface area contributed by atoms with Crippen molar-refractivity contribution in [1.29, 1.82) is 0 Å². The molecule has 1 aromatic heterocycles. The maximum atomic E-state index is 12.1. The smallest absolute Gasteiger partial charge is 0.258 e. The van der Waals surface area contributed by atoms with Crippen LogP contribution in [0.1, 0.15) is 12.0 Å². The quantitative estimate of drug-likeness (QED) is 0.903. The van der Waals surface area contributed by atoms with Crippen molar-refractivity contribution in [3.05, 3.63) is 39.1 Å². The summed E-state index contributed by atoms with van der Waals surface area (Å²) in [4.78, 5) is 18.1. The van der Waals surface area contributed by atoms with Crippen molar-refractivity contribution in [2.75, 3.05) is 13.6 Å². The zero-order chi connectivity index (χ0) is 14.3. The number of hydrogen-bond acceptors (Lipinski definition) is 4.